The number of benzene rings is 2. The lowest BCUT2D eigenvalue weighted by molar-refractivity contribution is 0.102. The van der Waals surface area contributed by atoms with E-state index >= 15 is 0 Å². The van der Waals surface area contributed by atoms with Crippen LogP contribution < -0.4 is 9.47 Å². The highest BCUT2D eigenvalue weighted by Crippen LogP contribution is 2.42. The highest BCUT2D eigenvalue weighted by atomic mass is 35.5. The van der Waals surface area contributed by atoms with Crippen LogP contribution in [0, 0.1) is 11.8 Å². The second-order valence-electron chi connectivity index (χ2n) is 11.4. The minimum atomic E-state index is 0.508. The van der Waals surface area contributed by atoms with Gasteiger partial charge in [0.05, 0.1) is 48.0 Å². The van der Waals surface area contributed by atoms with Crippen LogP contribution in [0.1, 0.15) is 25.2 Å². The zero-order valence-corrected chi connectivity index (χ0v) is 25.8. The zero-order valence-electron chi connectivity index (χ0n) is 24.3. The molecule has 0 amide bonds. The summed E-state index contributed by atoms with van der Waals surface area (Å²) in [5.74, 6) is 2.44. The van der Waals surface area contributed by atoms with Gasteiger partial charge in [-0.05, 0) is 11.8 Å². The molecule has 2 aliphatic rings. The van der Waals surface area contributed by atoms with Crippen LogP contribution in [0.3, 0.4) is 0 Å². The van der Waals surface area contributed by atoms with E-state index in [9.17, 15) is 0 Å². The molecule has 2 aromatic heterocycles. The Balaban J connectivity index is 1.30. The van der Waals surface area contributed by atoms with Gasteiger partial charge in [-0.15, -0.1) is 0 Å². The highest BCUT2D eigenvalue weighted by Gasteiger charge is 2.26. The molecule has 10 heteroatoms. The fraction of sp³-hybridized carbons (Fsp3) is 0.375. The zero-order chi connectivity index (χ0) is 29.4. The summed E-state index contributed by atoms with van der Waals surface area (Å²) in [5.41, 5.74) is 5.96. The molecule has 4 aromatic rings. The smallest absolute Gasteiger partial charge is 0.237 e. The van der Waals surface area contributed by atoms with Crippen molar-refractivity contribution in [2.24, 2.45) is 11.8 Å². The van der Waals surface area contributed by atoms with E-state index in [2.05, 4.69) is 23.6 Å². The van der Waals surface area contributed by atoms with Gasteiger partial charge in [0.15, 0.2) is 0 Å². The van der Waals surface area contributed by atoms with Crippen LogP contribution in [0.4, 0.5) is 0 Å². The Morgan fingerprint density at radius 2 is 1.05 bits per heavy atom. The van der Waals surface area contributed by atoms with E-state index in [0.29, 0.717) is 58.1 Å². The van der Waals surface area contributed by atoms with Gasteiger partial charge in [-0.1, -0.05) is 73.4 Å². The molecule has 2 saturated heterocycles. The molecule has 0 saturated carbocycles. The van der Waals surface area contributed by atoms with Crippen LogP contribution in [-0.2, 0) is 13.1 Å². The molecule has 2 aromatic carbocycles. The standard InChI is InChI=1S/C32H34Cl2N6O2/c1-19-13-39(14-19)17-27-31(41-3)37-25(11-35-27)23-9-5-7-21(29(23)33)22-8-6-10-24(30(22)34)26-12-36-28(32(38-26)42-4)18-40-15-20(2)16-40/h5-12,19-20H,13-18H2,1-4H3. The predicted molar refractivity (Wildman–Crippen MR) is 166 cm³/mol. The summed E-state index contributed by atoms with van der Waals surface area (Å²) in [6, 6.07) is 11.6. The van der Waals surface area contributed by atoms with Crippen molar-refractivity contribution in [3.8, 4) is 45.4 Å². The van der Waals surface area contributed by atoms with Gasteiger partial charge in [-0.25, -0.2) is 9.97 Å². The fourth-order valence-corrected chi connectivity index (χ4v) is 6.46. The number of nitrogens with zero attached hydrogens (tertiary/aromatic N) is 6. The molecule has 8 nitrogen and oxygen atoms in total. The molecule has 0 aliphatic carbocycles. The first kappa shape index (κ1) is 28.8. The molecule has 42 heavy (non-hydrogen) atoms. The van der Waals surface area contributed by atoms with Crippen molar-refractivity contribution in [3.05, 3.63) is 70.2 Å². The lowest BCUT2D eigenvalue weighted by Crippen LogP contribution is -2.44. The number of hydrogen-bond acceptors (Lipinski definition) is 8. The molecule has 4 heterocycles. The molecular weight excluding hydrogens is 571 g/mol. The van der Waals surface area contributed by atoms with Crippen molar-refractivity contribution < 1.29 is 9.47 Å². The van der Waals surface area contributed by atoms with Gasteiger partial charge in [-0.3, -0.25) is 19.8 Å². The molecule has 0 N–H and O–H groups in total. The van der Waals surface area contributed by atoms with Crippen molar-refractivity contribution in [2.75, 3.05) is 40.4 Å². The van der Waals surface area contributed by atoms with Gasteiger partial charge < -0.3 is 9.47 Å². The van der Waals surface area contributed by atoms with E-state index in [0.717, 1.165) is 59.8 Å². The van der Waals surface area contributed by atoms with Crippen LogP contribution in [0.25, 0.3) is 33.6 Å². The van der Waals surface area contributed by atoms with E-state index in [1.54, 1.807) is 26.6 Å². The Bertz CT molecular complexity index is 1490. The van der Waals surface area contributed by atoms with Crippen molar-refractivity contribution in [1.29, 1.82) is 0 Å². The first-order valence-corrected chi connectivity index (χ1v) is 14.9. The normalized spacial score (nSPS) is 16.2. The first-order valence-electron chi connectivity index (χ1n) is 14.2. The molecule has 2 fully saturated rings. The first-order chi connectivity index (χ1) is 20.3. The lowest BCUT2D eigenvalue weighted by atomic mass is 9.98. The van der Waals surface area contributed by atoms with Crippen molar-refractivity contribution in [3.63, 3.8) is 0 Å². The third-order valence-corrected chi connectivity index (χ3v) is 8.69. The van der Waals surface area contributed by atoms with E-state index < -0.39 is 0 Å². The molecule has 0 spiro atoms. The SMILES string of the molecule is COc1nc(-c2cccc(-c3cccc(-c4cnc(CN5CC(C)C5)c(OC)n4)c3Cl)c2Cl)cnc1CN1CC(C)C1. The maximum Gasteiger partial charge on any atom is 0.237 e. The van der Waals surface area contributed by atoms with Crippen molar-refractivity contribution >= 4 is 23.2 Å². The largest absolute Gasteiger partial charge is 0.480 e. The highest BCUT2D eigenvalue weighted by molar-refractivity contribution is 6.39. The Hall–Kier alpha value is -3.30. The minimum Gasteiger partial charge on any atom is -0.480 e. The topological polar surface area (TPSA) is 76.5 Å². The quantitative estimate of drug-likeness (QED) is 0.214. The Morgan fingerprint density at radius 3 is 1.40 bits per heavy atom. The Labute approximate surface area is 256 Å². The maximum absolute atomic E-state index is 7.03. The summed E-state index contributed by atoms with van der Waals surface area (Å²) in [7, 11) is 3.24. The predicted octanol–water partition coefficient (Wildman–Crippen LogP) is 6.50. The summed E-state index contributed by atoms with van der Waals surface area (Å²) in [6.07, 6.45) is 3.52. The number of likely N-dealkylation sites (tertiary alicyclic amines) is 2. The summed E-state index contributed by atoms with van der Waals surface area (Å²) in [4.78, 5) is 23.6. The molecule has 218 valence electrons. The monoisotopic (exact) mass is 604 g/mol. The average molecular weight is 606 g/mol. The van der Waals surface area contributed by atoms with Crippen molar-refractivity contribution in [1.82, 2.24) is 29.7 Å². The molecule has 0 bridgehead atoms. The van der Waals surface area contributed by atoms with Crippen LogP contribution >= 0.6 is 23.2 Å². The number of ether oxygens (including phenoxy) is 2. The van der Waals surface area contributed by atoms with Crippen LogP contribution in [-0.4, -0.2) is 70.1 Å². The minimum absolute atomic E-state index is 0.508. The summed E-state index contributed by atoms with van der Waals surface area (Å²) >= 11 is 14.1. The van der Waals surface area contributed by atoms with Gasteiger partial charge in [0, 0.05) is 61.5 Å². The van der Waals surface area contributed by atoms with Gasteiger partial charge in [0.2, 0.25) is 11.8 Å². The van der Waals surface area contributed by atoms with Gasteiger partial charge in [-0.2, -0.15) is 0 Å². The Kier molecular flexibility index (Phi) is 8.32. The average Bonchev–Trinajstić information content (AvgIpc) is 2.96. The van der Waals surface area contributed by atoms with Gasteiger partial charge in [0.1, 0.15) is 11.4 Å². The lowest BCUT2D eigenvalue weighted by Gasteiger charge is -2.36. The second-order valence-corrected chi connectivity index (χ2v) is 12.1. The van der Waals surface area contributed by atoms with E-state index in [1.807, 2.05) is 36.4 Å². The summed E-state index contributed by atoms with van der Waals surface area (Å²) < 4.78 is 11.2. The van der Waals surface area contributed by atoms with Gasteiger partial charge >= 0.3 is 0 Å². The molecule has 0 unspecified atom stereocenters. The number of halogens is 2. The number of rotatable bonds is 9. The molecule has 2 aliphatic heterocycles. The summed E-state index contributed by atoms with van der Waals surface area (Å²) in [5, 5.41) is 1.06. The van der Waals surface area contributed by atoms with Gasteiger partial charge in [0.25, 0.3) is 0 Å². The molecular formula is C32H34Cl2N6O2. The number of aromatic nitrogens is 4. The number of hydrogen-bond donors (Lipinski definition) is 0. The fourth-order valence-electron chi connectivity index (χ4n) is 5.81. The van der Waals surface area contributed by atoms with Crippen LogP contribution in [0.15, 0.2) is 48.8 Å². The van der Waals surface area contributed by atoms with Crippen LogP contribution in [0.5, 0.6) is 11.8 Å². The maximum atomic E-state index is 7.03. The Morgan fingerprint density at radius 1 is 0.667 bits per heavy atom. The molecule has 0 atom stereocenters. The van der Waals surface area contributed by atoms with E-state index in [4.69, 9.17) is 52.6 Å². The number of methoxy groups -OCH3 is 2. The second kappa shape index (κ2) is 12.1. The van der Waals surface area contributed by atoms with Crippen molar-refractivity contribution in [2.45, 2.75) is 26.9 Å². The third-order valence-electron chi connectivity index (χ3n) is 7.88. The molecule has 6 rings (SSSR count). The van der Waals surface area contributed by atoms with Crippen LogP contribution in [0.2, 0.25) is 10.0 Å². The molecule has 0 radical (unpaired) electrons. The third kappa shape index (κ3) is 5.69. The van der Waals surface area contributed by atoms with E-state index in [-0.39, 0.29) is 0 Å². The summed E-state index contributed by atoms with van der Waals surface area (Å²) in [6.45, 7) is 10.1. The van der Waals surface area contributed by atoms with E-state index in [1.165, 1.54) is 0 Å².